The van der Waals surface area contributed by atoms with E-state index in [1.165, 1.54) is 24.3 Å². The molecule has 2 amide bonds. The SMILES string of the molecule is CC(O)(C(NC(=O)c1ccc(C#CC2CCOCC2)cc1)C(=O)NO)C(F)(F)F. The monoisotopic (exact) mass is 414 g/mol. The van der Waals surface area contributed by atoms with Gasteiger partial charge in [-0.3, -0.25) is 14.8 Å². The summed E-state index contributed by atoms with van der Waals surface area (Å²) in [5.41, 5.74) is -2.03. The summed E-state index contributed by atoms with van der Waals surface area (Å²) in [7, 11) is 0. The van der Waals surface area contributed by atoms with Crippen LogP contribution in [0.4, 0.5) is 13.2 Å². The lowest BCUT2D eigenvalue weighted by molar-refractivity contribution is -0.260. The molecule has 0 aromatic heterocycles. The fourth-order valence-corrected chi connectivity index (χ4v) is 2.64. The maximum atomic E-state index is 13.0. The van der Waals surface area contributed by atoms with Crippen LogP contribution in [0.1, 0.15) is 35.7 Å². The van der Waals surface area contributed by atoms with Gasteiger partial charge in [0.05, 0.1) is 0 Å². The van der Waals surface area contributed by atoms with E-state index < -0.39 is 29.6 Å². The minimum Gasteiger partial charge on any atom is -0.381 e. The number of aliphatic hydroxyl groups is 1. The summed E-state index contributed by atoms with van der Waals surface area (Å²) < 4.78 is 44.4. The first-order chi connectivity index (χ1) is 13.6. The van der Waals surface area contributed by atoms with Crippen molar-refractivity contribution in [2.24, 2.45) is 5.92 Å². The molecule has 0 saturated carbocycles. The summed E-state index contributed by atoms with van der Waals surface area (Å²) in [4.78, 5) is 23.9. The molecule has 2 unspecified atom stereocenters. The number of hydroxylamine groups is 1. The molecule has 2 rings (SSSR count). The Hall–Kier alpha value is -2.61. The average Bonchev–Trinajstić information content (AvgIpc) is 2.70. The van der Waals surface area contributed by atoms with E-state index in [0.29, 0.717) is 25.7 Å². The number of carbonyl (C=O) groups is 2. The molecule has 29 heavy (non-hydrogen) atoms. The van der Waals surface area contributed by atoms with E-state index in [-0.39, 0.29) is 11.5 Å². The van der Waals surface area contributed by atoms with Gasteiger partial charge in [-0.05, 0) is 44.0 Å². The zero-order valence-electron chi connectivity index (χ0n) is 15.5. The standard InChI is InChI=1S/C19H21F3N2O5/c1-18(27,19(20,21)22)15(17(26)24-28)23-16(25)14-6-4-12(5-7-14)2-3-13-8-10-29-11-9-13/h4-7,13,15,27-28H,8-11H2,1H3,(H,23,25)(H,24,26). The van der Waals surface area contributed by atoms with Crippen LogP contribution in [-0.2, 0) is 9.53 Å². The highest BCUT2D eigenvalue weighted by Crippen LogP contribution is 2.33. The molecule has 1 aliphatic rings. The topological polar surface area (TPSA) is 108 Å². The van der Waals surface area contributed by atoms with Crippen molar-refractivity contribution in [3.63, 3.8) is 0 Å². The second-order valence-electron chi connectivity index (χ2n) is 6.76. The molecule has 158 valence electrons. The lowest BCUT2D eigenvalue weighted by Gasteiger charge is -2.33. The van der Waals surface area contributed by atoms with Gasteiger partial charge in [-0.2, -0.15) is 13.2 Å². The van der Waals surface area contributed by atoms with Crippen molar-refractivity contribution >= 4 is 11.8 Å². The van der Waals surface area contributed by atoms with Crippen molar-refractivity contribution < 1.29 is 37.8 Å². The van der Waals surface area contributed by atoms with Gasteiger partial charge in [0.15, 0.2) is 5.60 Å². The predicted molar refractivity (Wildman–Crippen MR) is 94.7 cm³/mol. The van der Waals surface area contributed by atoms with Gasteiger partial charge in [0.2, 0.25) is 0 Å². The Morgan fingerprint density at radius 2 is 1.79 bits per heavy atom. The Labute approximate surface area is 165 Å². The fraction of sp³-hybridized carbons (Fsp3) is 0.474. The molecule has 1 aliphatic heterocycles. The summed E-state index contributed by atoms with van der Waals surface area (Å²) in [6, 6.07) is 3.24. The third-order valence-electron chi connectivity index (χ3n) is 4.57. The Morgan fingerprint density at radius 3 is 2.31 bits per heavy atom. The molecule has 1 aromatic rings. The number of carbonyl (C=O) groups excluding carboxylic acids is 2. The molecule has 7 nitrogen and oxygen atoms in total. The average molecular weight is 414 g/mol. The molecule has 4 N–H and O–H groups in total. The van der Waals surface area contributed by atoms with E-state index in [9.17, 15) is 27.9 Å². The minimum atomic E-state index is -5.24. The zero-order valence-corrected chi connectivity index (χ0v) is 15.5. The van der Waals surface area contributed by atoms with Crippen molar-refractivity contribution in [1.29, 1.82) is 0 Å². The fourth-order valence-electron chi connectivity index (χ4n) is 2.64. The van der Waals surface area contributed by atoms with Crippen LogP contribution in [-0.4, -0.2) is 53.2 Å². The van der Waals surface area contributed by atoms with Crippen LogP contribution in [0.5, 0.6) is 0 Å². The third kappa shape index (κ3) is 5.69. The Balaban J connectivity index is 2.12. The lowest BCUT2D eigenvalue weighted by Crippen LogP contribution is -2.64. The molecule has 0 radical (unpaired) electrons. The van der Waals surface area contributed by atoms with Gasteiger partial charge >= 0.3 is 6.18 Å². The summed E-state index contributed by atoms with van der Waals surface area (Å²) in [5.74, 6) is 3.65. The molecule has 10 heteroatoms. The van der Waals surface area contributed by atoms with Gasteiger partial charge in [-0.15, -0.1) is 0 Å². The number of hydrogen-bond acceptors (Lipinski definition) is 5. The normalized spacial score (nSPS) is 18.0. The summed E-state index contributed by atoms with van der Waals surface area (Å²) in [5, 5.41) is 20.2. The van der Waals surface area contributed by atoms with Crippen LogP contribution in [0.25, 0.3) is 0 Å². The highest BCUT2D eigenvalue weighted by atomic mass is 19.4. The lowest BCUT2D eigenvalue weighted by atomic mass is 9.94. The van der Waals surface area contributed by atoms with Gasteiger partial charge in [-0.1, -0.05) is 11.8 Å². The number of hydrogen-bond donors (Lipinski definition) is 4. The maximum absolute atomic E-state index is 13.0. The second-order valence-corrected chi connectivity index (χ2v) is 6.76. The highest BCUT2D eigenvalue weighted by molar-refractivity contribution is 5.97. The largest absolute Gasteiger partial charge is 0.419 e. The molecular weight excluding hydrogens is 393 g/mol. The van der Waals surface area contributed by atoms with Crippen molar-refractivity contribution in [2.75, 3.05) is 13.2 Å². The maximum Gasteiger partial charge on any atom is 0.419 e. The second kappa shape index (κ2) is 9.26. The highest BCUT2D eigenvalue weighted by Gasteiger charge is 2.58. The molecule has 0 spiro atoms. The quantitative estimate of drug-likeness (QED) is 0.338. The van der Waals surface area contributed by atoms with E-state index in [4.69, 9.17) is 9.94 Å². The number of benzene rings is 1. The molecule has 1 aromatic carbocycles. The van der Waals surface area contributed by atoms with Gasteiger partial charge in [0, 0.05) is 30.3 Å². The van der Waals surface area contributed by atoms with Crippen LogP contribution in [0, 0.1) is 17.8 Å². The number of rotatable bonds is 4. The molecule has 2 atom stereocenters. The van der Waals surface area contributed by atoms with Crippen LogP contribution < -0.4 is 10.8 Å². The predicted octanol–water partition coefficient (Wildman–Crippen LogP) is 1.38. The van der Waals surface area contributed by atoms with E-state index in [1.807, 2.05) is 0 Å². The van der Waals surface area contributed by atoms with Crippen LogP contribution >= 0.6 is 0 Å². The first-order valence-electron chi connectivity index (χ1n) is 8.79. The smallest absolute Gasteiger partial charge is 0.381 e. The first-order valence-corrected chi connectivity index (χ1v) is 8.79. The van der Waals surface area contributed by atoms with Crippen molar-refractivity contribution in [3.8, 4) is 11.8 Å². The van der Waals surface area contributed by atoms with E-state index in [1.54, 1.807) is 5.32 Å². The molecule has 1 fully saturated rings. The molecule has 0 aliphatic carbocycles. The van der Waals surface area contributed by atoms with Crippen molar-refractivity contribution in [3.05, 3.63) is 35.4 Å². The molecule has 1 heterocycles. The number of amides is 2. The van der Waals surface area contributed by atoms with Crippen LogP contribution in [0.2, 0.25) is 0 Å². The van der Waals surface area contributed by atoms with E-state index in [0.717, 1.165) is 18.3 Å². The van der Waals surface area contributed by atoms with E-state index in [2.05, 4.69) is 11.8 Å². The Bertz CT molecular complexity index is 791. The Morgan fingerprint density at radius 1 is 1.21 bits per heavy atom. The number of alkyl halides is 3. The summed E-state index contributed by atoms with van der Waals surface area (Å²) in [6.45, 7) is 1.63. The zero-order chi connectivity index (χ0) is 21.7. The van der Waals surface area contributed by atoms with Gasteiger partial charge in [0.25, 0.3) is 11.8 Å². The van der Waals surface area contributed by atoms with Crippen molar-refractivity contribution in [1.82, 2.24) is 10.8 Å². The summed E-state index contributed by atoms with van der Waals surface area (Å²) >= 11 is 0. The van der Waals surface area contributed by atoms with Crippen LogP contribution in [0.3, 0.4) is 0 Å². The number of nitrogens with one attached hydrogen (secondary N) is 2. The summed E-state index contributed by atoms with van der Waals surface area (Å²) in [6.07, 6.45) is -3.57. The van der Waals surface area contributed by atoms with Crippen molar-refractivity contribution in [2.45, 2.75) is 37.6 Å². The van der Waals surface area contributed by atoms with Gasteiger partial charge in [0.1, 0.15) is 6.04 Å². The van der Waals surface area contributed by atoms with Crippen LogP contribution in [0.15, 0.2) is 24.3 Å². The number of halogens is 3. The van der Waals surface area contributed by atoms with Gasteiger partial charge in [-0.25, -0.2) is 5.48 Å². The molecule has 1 saturated heterocycles. The molecule has 0 bridgehead atoms. The van der Waals surface area contributed by atoms with E-state index >= 15 is 0 Å². The number of ether oxygens (including phenoxy) is 1. The third-order valence-corrected chi connectivity index (χ3v) is 4.57. The Kier molecular flexibility index (Phi) is 7.24. The minimum absolute atomic E-state index is 0.0460. The first kappa shape index (κ1) is 22.7. The van der Waals surface area contributed by atoms with Gasteiger partial charge < -0.3 is 15.2 Å². The molecular formula is C19H21F3N2O5.